The van der Waals surface area contributed by atoms with Crippen molar-refractivity contribution in [1.82, 2.24) is 10.3 Å². The topological polar surface area (TPSA) is 88.5 Å². The first-order chi connectivity index (χ1) is 12.5. The van der Waals surface area contributed by atoms with Crippen molar-refractivity contribution in [3.05, 3.63) is 40.9 Å². The number of carbonyl (C=O) groups is 2. The second-order valence-corrected chi connectivity index (χ2v) is 7.43. The van der Waals surface area contributed by atoms with Crippen molar-refractivity contribution >= 4 is 23.2 Å². The number of rotatable bonds is 7. The molecule has 0 bridgehead atoms. The average molecular weight is 374 g/mol. The Morgan fingerprint density at radius 3 is 2.73 bits per heavy atom. The Morgan fingerprint density at radius 1 is 1.35 bits per heavy atom. The zero-order chi connectivity index (χ0) is 18.6. The molecule has 0 saturated carbocycles. The minimum atomic E-state index is -0.942. The smallest absolute Gasteiger partial charge is 0.305 e. The van der Waals surface area contributed by atoms with Crippen LogP contribution in [0.25, 0.3) is 10.6 Å². The van der Waals surface area contributed by atoms with Gasteiger partial charge in [-0.2, -0.15) is 0 Å². The van der Waals surface area contributed by atoms with Crippen molar-refractivity contribution < 1.29 is 19.4 Å². The summed E-state index contributed by atoms with van der Waals surface area (Å²) in [6.07, 6.45) is 1.50. The van der Waals surface area contributed by atoms with E-state index in [2.05, 4.69) is 29.4 Å². The highest BCUT2D eigenvalue weighted by atomic mass is 32.1. The number of nitrogens with zero attached hydrogens (tertiary/aromatic N) is 1. The normalized spacial score (nSPS) is 19.4. The van der Waals surface area contributed by atoms with Crippen molar-refractivity contribution in [3.63, 3.8) is 0 Å². The van der Waals surface area contributed by atoms with Gasteiger partial charge in [0.25, 0.3) is 0 Å². The third-order valence-corrected chi connectivity index (χ3v) is 5.44. The van der Waals surface area contributed by atoms with Crippen LogP contribution < -0.4 is 5.32 Å². The van der Waals surface area contributed by atoms with Crippen LogP contribution in [-0.4, -0.2) is 40.7 Å². The second kappa shape index (κ2) is 7.97. The Morgan fingerprint density at radius 2 is 2.12 bits per heavy atom. The number of carboxylic acid groups (broad SMARTS) is 1. The first-order valence-electron chi connectivity index (χ1n) is 8.64. The van der Waals surface area contributed by atoms with E-state index in [1.807, 2.05) is 17.5 Å². The van der Waals surface area contributed by atoms with Crippen molar-refractivity contribution in [2.75, 3.05) is 13.2 Å². The average Bonchev–Trinajstić information content (AvgIpc) is 3.24. The molecule has 0 spiro atoms. The van der Waals surface area contributed by atoms with Crippen molar-refractivity contribution in [1.29, 1.82) is 0 Å². The standard InChI is InChI=1S/C19H22N2O4S/c1-2-13-3-5-14(6-4-13)18-20-15(11-26-18)9-16(22)21-19(10-17(23)24)7-8-25-12-19/h3-6,11H,2,7-10,12H2,1H3,(H,21,22)(H,23,24). The number of amides is 1. The highest BCUT2D eigenvalue weighted by molar-refractivity contribution is 7.13. The summed E-state index contributed by atoms with van der Waals surface area (Å²) in [6, 6.07) is 8.25. The Hall–Kier alpha value is -2.25. The third-order valence-electron chi connectivity index (χ3n) is 4.50. The van der Waals surface area contributed by atoms with E-state index in [-0.39, 0.29) is 25.4 Å². The predicted octanol–water partition coefficient (Wildman–Crippen LogP) is 2.67. The molecule has 1 aliphatic rings. The van der Waals surface area contributed by atoms with Gasteiger partial charge in [0.15, 0.2) is 0 Å². The summed E-state index contributed by atoms with van der Waals surface area (Å²) in [6.45, 7) is 2.81. The number of carboxylic acids is 1. The minimum absolute atomic E-state index is 0.130. The van der Waals surface area contributed by atoms with Crippen LogP contribution in [0.4, 0.5) is 0 Å². The lowest BCUT2D eigenvalue weighted by atomic mass is 9.94. The Bertz CT molecular complexity index is 779. The van der Waals surface area contributed by atoms with Crippen LogP contribution in [0.2, 0.25) is 0 Å². The zero-order valence-corrected chi connectivity index (χ0v) is 15.5. The van der Waals surface area contributed by atoms with Gasteiger partial charge in [-0.25, -0.2) is 4.98 Å². The van der Waals surface area contributed by atoms with E-state index in [1.54, 1.807) is 0 Å². The van der Waals surface area contributed by atoms with Gasteiger partial charge in [0, 0.05) is 17.6 Å². The summed E-state index contributed by atoms with van der Waals surface area (Å²) >= 11 is 1.50. The monoisotopic (exact) mass is 374 g/mol. The molecule has 1 saturated heterocycles. The fraction of sp³-hybridized carbons (Fsp3) is 0.421. The summed E-state index contributed by atoms with van der Waals surface area (Å²) in [4.78, 5) is 28.0. The lowest BCUT2D eigenvalue weighted by Gasteiger charge is -2.26. The maximum Gasteiger partial charge on any atom is 0.305 e. The second-order valence-electron chi connectivity index (χ2n) is 6.57. The van der Waals surface area contributed by atoms with E-state index in [1.165, 1.54) is 16.9 Å². The highest BCUT2D eigenvalue weighted by Gasteiger charge is 2.38. The maximum atomic E-state index is 12.4. The number of ether oxygens (including phenoxy) is 1. The van der Waals surface area contributed by atoms with Crippen LogP contribution >= 0.6 is 11.3 Å². The number of hydrogen-bond acceptors (Lipinski definition) is 5. The number of aromatic nitrogens is 1. The summed E-state index contributed by atoms with van der Waals surface area (Å²) in [5, 5.41) is 14.7. The molecule has 1 atom stereocenters. The van der Waals surface area contributed by atoms with Gasteiger partial charge >= 0.3 is 5.97 Å². The molecule has 2 N–H and O–H groups in total. The zero-order valence-electron chi connectivity index (χ0n) is 14.7. The summed E-state index contributed by atoms with van der Waals surface area (Å²) in [5.41, 5.74) is 2.18. The van der Waals surface area contributed by atoms with E-state index in [9.17, 15) is 9.59 Å². The van der Waals surface area contributed by atoms with Crippen molar-refractivity contribution in [2.45, 2.75) is 38.1 Å². The van der Waals surface area contributed by atoms with E-state index >= 15 is 0 Å². The molecule has 3 rings (SSSR count). The number of thiazole rings is 1. The molecule has 1 unspecified atom stereocenters. The molecular weight excluding hydrogens is 352 g/mol. The van der Waals surface area contributed by atoms with Crippen LogP contribution in [0.5, 0.6) is 0 Å². The lowest BCUT2D eigenvalue weighted by Crippen LogP contribution is -2.51. The highest BCUT2D eigenvalue weighted by Crippen LogP contribution is 2.25. The predicted molar refractivity (Wildman–Crippen MR) is 99.2 cm³/mol. The molecule has 2 heterocycles. The molecule has 7 heteroatoms. The molecule has 1 fully saturated rings. The molecule has 138 valence electrons. The van der Waals surface area contributed by atoms with Crippen LogP contribution in [0.1, 0.15) is 31.0 Å². The van der Waals surface area contributed by atoms with Gasteiger partial charge in [0.1, 0.15) is 5.01 Å². The number of aliphatic carboxylic acids is 1. The molecule has 0 radical (unpaired) electrons. The summed E-state index contributed by atoms with van der Waals surface area (Å²) in [7, 11) is 0. The van der Waals surface area contributed by atoms with Crippen molar-refractivity contribution in [2.24, 2.45) is 0 Å². The Kier molecular flexibility index (Phi) is 5.68. The van der Waals surface area contributed by atoms with Gasteiger partial charge in [-0.05, 0) is 18.4 Å². The van der Waals surface area contributed by atoms with E-state index in [0.29, 0.717) is 18.7 Å². The van der Waals surface area contributed by atoms with E-state index in [4.69, 9.17) is 9.84 Å². The van der Waals surface area contributed by atoms with Gasteiger partial charge in [-0.1, -0.05) is 31.2 Å². The first-order valence-corrected chi connectivity index (χ1v) is 9.52. The van der Waals surface area contributed by atoms with E-state index in [0.717, 1.165) is 17.0 Å². The molecule has 0 aliphatic carbocycles. The van der Waals surface area contributed by atoms with E-state index < -0.39 is 11.5 Å². The Balaban J connectivity index is 1.64. The molecule has 26 heavy (non-hydrogen) atoms. The van der Waals surface area contributed by atoms with Gasteiger partial charge in [0.2, 0.25) is 5.91 Å². The van der Waals surface area contributed by atoms with Crippen LogP contribution in [0.15, 0.2) is 29.6 Å². The van der Waals surface area contributed by atoms with Gasteiger partial charge in [-0.15, -0.1) is 11.3 Å². The van der Waals surface area contributed by atoms with Crippen LogP contribution in [0, 0.1) is 0 Å². The largest absolute Gasteiger partial charge is 0.481 e. The van der Waals surface area contributed by atoms with Crippen LogP contribution in [0.3, 0.4) is 0 Å². The summed E-state index contributed by atoms with van der Waals surface area (Å²) in [5.74, 6) is -1.17. The van der Waals surface area contributed by atoms with Gasteiger partial charge < -0.3 is 15.2 Å². The van der Waals surface area contributed by atoms with Crippen molar-refractivity contribution in [3.8, 4) is 10.6 Å². The van der Waals surface area contributed by atoms with Gasteiger partial charge in [-0.3, -0.25) is 9.59 Å². The number of nitrogens with one attached hydrogen (secondary N) is 1. The molecule has 1 amide bonds. The van der Waals surface area contributed by atoms with Gasteiger partial charge in [0.05, 0.1) is 30.7 Å². The SMILES string of the molecule is CCc1ccc(-c2nc(CC(=O)NC3(CC(=O)O)CCOC3)cs2)cc1. The Labute approximate surface area is 156 Å². The lowest BCUT2D eigenvalue weighted by molar-refractivity contribution is -0.139. The third kappa shape index (κ3) is 4.47. The fourth-order valence-corrected chi connectivity index (χ4v) is 3.91. The van der Waals surface area contributed by atoms with Crippen LogP contribution in [-0.2, 0) is 27.2 Å². The molecular formula is C19H22N2O4S. The molecule has 1 aliphatic heterocycles. The maximum absolute atomic E-state index is 12.4. The number of benzene rings is 1. The number of hydrogen-bond donors (Lipinski definition) is 2. The number of aryl methyl sites for hydroxylation is 1. The molecule has 2 aromatic rings. The quantitative estimate of drug-likeness (QED) is 0.778. The molecule has 6 nitrogen and oxygen atoms in total. The minimum Gasteiger partial charge on any atom is -0.481 e. The first kappa shape index (κ1) is 18.5. The fourth-order valence-electron chi connectivity index (χ4n) is 3.09. The number of carbonyl (C=O) groups excluding carboxylic acids is 1. The molecule has 1 aromatic heterocycles. The summed E-state index contributed by atoms with van der Waals surface area (Å²) < 4.78 is 5.30. The molecule has 1 aromatic carbocycles.